The van der Waals surface area contributed by atoms with Crippen LogP contribution in [0.4, 0.5) is 14.9 Å². The number of halogens is 1. The molecule has 3 aromatic rings. The summed E-state index contributed by atoms with van der Waals surface area (Å²) in [5, 5.41) is 5.80. The van der Waals surface area contributed by atoms with Gasteiger partial charge in [-0.05, 0) is 71.8 Å². The van der Waals surface area contributed by atoms with Gasteiger partial charge in [0.1, 0.15) is 17.5 Å². The van der Waals surface area contributed by atoms with Crippen molar-refractivity contribution in [1.82, 2.24) is 20.0 Å². The number of hydrogen-bond acceptors (Lipinski definition) is 6. The second-order valence-corrected chi connectivity index (χ2v) is 12.6. The summed E-state index contributed by atoms with van der Waals surface area (Å²) in [7, 11) is 4.46. The van der Waals surface area contributed by atoms with Crippen LogP contribution in [0.15, 0.2) is 48.5 Å². The molecule has 0 radical (unpaired) electrons. The molecular formula is C35H38FN5O5. The SMILES string of the molecule is COc1cc(-c2cccc(-c3cccc(NC(=O)C4CN(C)C(=O)N(C)C4=O)c3C)c2C)cc(F)c1CN1CC2(CCNC2=O)C1. The summed E-state index contributed by atoms with van der Waals surface area (Å²) in [4.78, 5) is 54.7. The third-order valence-corrected chi connectivity index (χ3v) is 9.72. The fourth-order valence-electron chi connectivity index (χ4n) is 7.00. The highest BCUT2D eigenvalue weighted by atomic mass is 19.1. The normalized spacial score (nSPS) is 19.3. The second kappa shape index (κ2) is 11.9. The fraction of sp³-hybridized carbons (Fsp3) is 0.371. The van der Waals surface area contributed by atoms with Gasteiger partial charge in [0.05, 0.1) is 12.5 Å². The van der Waals surface area contributed by atoms with Crippen molar-refractivity contribution in [3.05, 3.63) is 71.0 Å². The molecule has 3 aliphatic rings. The number of urea groups is 1. The predicted octanol–water partition coefficient (Wildman–Crippen LogP) is 4.19. The van der Waals surface area contributed by atoms with Crippen LogP contribution >= 0.6 is 0 Å². The molecule has 10 nitrogen and oxygen atoms in total. The summed E-state index contributed by atoms with van der Waals surface area (Å²) in [6, 6.07) is 14.3. The monoisotopic (exact) mass is 627 g/mol. The highest BCUT2D eigenvalue weighted by molar-refractivity contribution is 6.12. The van der Waals surface area contributed by atoms with E-state index in [2.05, 4.69) is 15.5 Å². The Morgan fingerprint density at radius 1 is 1.02 bits per heavy atom. The lowest BCUT2D eigenvalue weighted by molar-refractivity contribution is -0.140. The molecule has 240 valence electrons. The van der Waals surface area contributed by atoms with Crippen molar-refractivity contribution in [2.45, 2.75) is 26.8 Å². The molecule has 0 aromatic heterocycles. The first kappa shape index (κ1) is 31.2. The number of likely N-dealkylation sites (tertiary alicyclic amines) is 1. The molecule has 1 unspecified atom stereocenters. The first-order chi connectivity index (χ1) is 21.9. The summed E-state index contributed by atoms with van der Waals surface area (Å²) in [5.74, 6) is -1.87. The number of ether oxygens (including phenoxy) is 1. The van der Waals surface area contributed by atoms with E-state index in [9.17, 15) is 19.2 Å². The zero-order chi connectivity index (χ0) is 32.9. The van der Waals surface area contributed by atoms with Crippen LogP contribution in [0.1, 0.15) is 23.1 Å². The fourth-order valence-corrected chi connectivity index (χ4v) is 7.00. The van der Waals surface area contributed by atoms with E-state index in [1.807, 2.05) is 50.2 Å². The highest BCUT2D eigenvalue weighted by Gasteiger charge is 2.51. The first-order valence-electron chi connectivity index (χ1n) is 15.3. The lowest BCUT2D eigenvalue weighted by atomic mass is 9.78. The smallest absolute Gasteiger partial charge is 0.326 e. The Morgan fingerprint density at radius 3 is 2.37 bits per heavy atom. The van der Waals surface area contributed by atoms with E-state index < -0.39 is 23.8 Å². The van der Waals surface area contributed by atoms with Crippen LogP contribution in [-0.4, -0.2) is 85.8 Å². The highest BCUT2D eigenvalue weighted by Crippen LogP contribution is 2.41. The van der Waals surface area contributed by atoms with Crippen LogP contribution < -0.4 is 15.4 Å². The van der Waals surface area contributed by atoms with Crippen LogP contribution in [0.5, 0.6) is 5.75 Å². The number of benzene rings is 3. The number of rotatable bonds is 7. The zero-order valence-corrected chi connectivity index (χ0v) is 26.7. The van der Waals surface area contributed by atoms with Gasteiger partial charge in [0.15, 0.2) is 0 Å². The molecule has 0 saturated carbocycles. The molecule has 0 aliphatic carbocycles. The van der Waals surface area contributed by atoms with E-state index in [0.717, 1.165) is 39.1 Å². The largest absolute Gasteiger partial charge is 0.496 e. The molecule has 3 aromatic carbocycles. The standard InChI is InChI=1S/C35H38FN5O5/c1-20-23(22-14-28(36)26(30(15-22)46-5)17-41-18-35(19-41)12-13-37-33(35)44)8-6-9-24(20)25-10-7-11-29(21(25)2)38-31(42)27-16-39(3)34(45)40(4)32(27)43/h6-11,14-15,27H,12-13,16-19H2,1-5H3,(H,37,44)(H,38,42). The average Bonchev–Trinajstić information content (AvgIpc) is 3.40. The molecule has 3 heterocycles. The number of carbonyl (C=O) groups excluding carboxylic acids is 4. The molecular weight excluding hydrogens is 589 g/mol. The molecule has 5 amide bonds. The molecule has 1 atom stereocenters. The second-order valence-electron chi connectivity index (χ2n) is 12.6. The van der Waals surface area contributed by atoms with E-state index >= 15 is 4.39 Å². The van der Waals surface area contributed by atoms with E-state index in [4.69, 9.17) is 4.74 Å². The summed E-state index contributed by atoms with van der Waals surface area (Å²) >= 11 is 0. The summed E-state index contributed by atoms with van der Waals surface area (Å²) in [6.45, 7) is 6.13. The number of imide groups is 1. The molecule has 46 heavy (non-hydrogen) atoms. The van der Waals surface area contributed by atoms with Crippen LogP contribution in [-0.2, 0) is 20.9 Å². The van der Waals surface area contributed by atoms with Gasteiger partial charge in [-0.3, -0.25) is 24.2 Å². The molecule has 6 rings (SSSR count). The topological polar surface area (TPSA) is 111 Å². The van der Waals surface area contributed by atoms with Crippen molar-refractivity contribution < 1.29 is 28.3 Å². The summed E-state index contributed by atoms with van der Waals surface area (Å²) < 4.78 is 21.4. The van der Waals surface area contributed by atoms with Gasteiger partial charge in [0, 0.05) is 58.1 Å². The number of hydrogen-bond donors (Lipinski definition) is 2. The minimum Gasteiger partial charge on any atom is -0.496 e. The molecule has 3 saturated heterocycles. The van der Waals surface area contributed by atoms with E-state index in [1.54, 1.807) is 13.1 Å². The van der Waals surface area contributed by atoms with Crippen molar-refractivity contribution in [1.29, 1.82) is 0 Å². The van der Waals surface area contributed by atoms with Gasteiger partial charge in [0.2, 0.25) is 17.7 Å². The van der Waals surface area contributed by atoms with E-state index in [-0.39, 0.29) is 23.7 Å². The number of methoxy groups -OCH3 is 1. The summed E-state index contributed by atoms with van der Waals surface area (Å²) in [5.41, 5.74) is 5.70. The first-order valence-corrected chi connectivity index (χ1v) is 15.3. The molecule has 2 N–H and O–H groups in total. The Kier molecular flexibility index (Phi) is 8.05. The van der Waals surface area contributed by atoms with Gasteiger partial charge in [0.25, 0.3) is 0 Å². The van der Waals surface area contributed by atoms with Crippen LogP contribution in [0.3, 0.4) is 0 Å². The number of nitrogens with one attached hydrogen (secondary N) is 2. The Hall–Kier alpha value is -4.77. The van der Waals surface area contributed by atoms with E-state index in [0.29, 0.717) is 48.7 Å². The Labute approximate surface area is 267 Å². The van der Waals surface area contributed by atoms with Crippen LogP contribution in [0, 0.1) is 31.0 Å². The third-order valence-electron chi connectivity index (χ3n) is 9.72. The maximum absolute atomic E-state index is 15.7. The van der Waals surface area contributed by atoms with Crippen LogP contribution in [0.25, 0.3) is 22.3 Å². The van der Waals surface area contributed by atoms with Crippen molar-refractivity contribution in [2.75, 3.05) is 52.7 Å². The Balaban J connectivity index is 1.25. The molecule has 11 heteroatoms. The number of amides is 5. The predicted molar refractivity (Wildman–Crippen MR) is 172 cm³/mol. The van der Waals surface area contributed by atoms with Crippen molar-refractivity contribution >= 4 is 29.4 Å². The number of nitrogens with zero attached hydrogens (tertiary/aromatic N) is 3. The maximum atomic E-state index is 15.7. The lowest BCUT2D eigenvalue weighted by Gasteiger charge is -2.46. The van der Waals surface area contributed by atoms with E-state index in [1.165, 1.54) is 25.1 Å². The average molecular weight is 628 g/mol. The van der Waals surface area contributed by atoms with Gasteiger partial charge in [-0.2, -0.15) is 0 Å². The van der Waals surface area contributed by atoms with Gasteiger partial charge in [-0.1, -0.05) is 30.3 Å². The van der Waals surface area contributed by atoms with Crippen molar-refractivity contribution in [2.24, 2.45) is 11.3 Å². The minimum absolute atomic E-state index is 0.00249. The quantitative estimate of drug-likeness (QED) is 0.381. The molecule has 0 bridgehead atoms. The van der Waals surface area contributed by atoms with Gasteiger partial charge in [-0.25, -0.2) is 9.18 Å². The number of anilines is 1. The number of carbonyl (C=O) groups is 4. The van der Waals surface area contributed by atoms with Gasteiger partial charge >= 0.3 is 6.03 Å². The Morgan fingerprint density at radius 2 is 1.70 bits per heavy atom. The minimum atomic E-state index is -1.02. The maximum Gasteiger partial charge on any atom is 0.326 e. The zero-order valence-electron chi connectivity index (χ0n) is 26.7. The van der Waals surface area contributed by atoms with Crippen molar-refractivity contribution in [3.63, 3.8) is 0 Å². The lowest BCUT2D eigenvalue weighted by Crippen LogP contribution is -2.59. The molecule has 3 fully saturated rings. The Bertz CT molecular complexity index is 1770. The summed E-state index contributed by atoms with van der Waals surface area (Å²) in [6.07, 6.45) is 0.808. The van der Waals surface area contributed by atoms with Gasteiger partial charge < -0.3 is 20.3 Å². The van der Waals surface area contributed by atoms with Gasteiger partial charge in [-0.15, -0.1) is 0 Å². The molecule has 3 aliphatic heterocycles. The molecule has 1 spiro atoms. The van der Waals surface area contributed by atoms with Crippen molar-refractivity contribution in [3.8, 4) is 28.0 Å². The van der Waals surface area contributed by atoms with Crippen LogP contribution in [0.2, 0.25) is 0 Å². The third kappa shape index (κ3) is 5.28.